The van der Waals surface area contributed by atoms with Crippen LogP contribution in [0.4, 0.5) is 20.7 Å². The van der Waals surface area contributed by atoms with E-state index in [1.165, 1.54) is 24.3 Å². The van der Waals surface area contributed by atoms with Gasteiger partial charge < -0.3 is 40.5 Å². The van der Waals surface area contributed by atoms with E-state index in [1.807, 2.05) is 37.8 Å². The van der Waals surface area contributed by atoms with Gasteiger partial charge in [0.15, 0.2) is 6.23 Å². The number of piperidine rings is 1. The quantitative estimate of drug-likeness (QED) is 0.0966. The van der Waals surface area contributed by atoms with E-state index >= 15 is 0 Å². The fraction of sp³-hybridized carbons (Fsp3) is 0.405. The lowest BCUT2D eigenvalue weighted by atomic mass is 10.0. The van der Waals surface area contributed by atoms with Crippen molar-refractivity contribution in [3.63, 3.8) is 0 Å². The highest BCUT2D eigenvalue weighted by Crippen LogP contribution is 2.36. The summed E-state index contributed by atoms with van der Waals surface area (Å²) in [7, 11) is 0. The standard InChI is InChI=1S/C42H49F2N13O6/c1-5-56-30(15-23(3)51-56)38(60)49-40-47-28-17-25(36(45)58)19-32-34(28)54(40)11-7-8-12-55-35-29(48-41(55)50-39(61)31-16-24(4)52-57(31)6-2)18-26(37(46)59)20-33(35)63-22-27(21-62-32)53-13-9-42(43,44)10-14-53/h7-8,15-20,27,38,60H,5-6,9-14,21-22H2,1-4H3,(H2,45,58)(H2,46,59)(H,47,49)(H,48,50,61)/b8-7+. The molecule has 3 amide bonds. The zero-order valence-electron chi connectivity index (χ0n) is 35.3. The van der Waals surface area contributed by atoms with Crippen molar-refractivity contribution in [3.05, 3.63) is 82.5 Å². The van der Waals surface area contributed by atoms with E-state index in [9.17, 15) is 28.3 Å². The molecule has 63 heavy (non-hydrogen) atoms. The Morgan fingerprint density at radius 3 is 1.89 bits per heavy atom. The average Bonchev–Trinajstić information content (AvgIpc) is 4.01. The molecule has 0 saturated carbocycles. The van der Waals surface area contributed by atoms with Crippen LogP contribution < -0.4 is 31.6 Å². The molecule has 332 valence electrons. The van der Waals surface area contributed by atoms with E-state index in [0.29, 0.717) is 57.9 Å². The lowest BCUT2D eigenvalue weighted by Crippen LogP contribution is -2.49. The largest absolute Gasteiger partial charge is 0.490 e. The van der Waals surface area contributed by atoms with Crippen molar-refractivity contribution in [1.82, 2.24) is 43.6 Å². The number of alkyl halides is 2. The van der Waals surface area contributed by atoms with Gasteiger partial charge in [0.1, 0.15) is 41.4 Å². The molecule has 0 radical (unpaired) electrons. The normalized spacial score (nSPS) is 17.9. The number of aliphatic hydroxyl groups is 1. The minimum atomic E-state index is -2.84. The number of anilines is 2. The summed E-state index contributed by atoms with van der Waals surface area (Å²) in [6, 6.07) is 8.80. The summed E-state index contributed by atoms with van der Waals surface area (Å²) in [4.78, 5) is 50.6. The number of carbonyl (C=O) groups is 3. The third-order valence-electron chi connectivity index (χ3n) is 11.3. The Morgan fingerprint density at radius 1 is 0.810 bits per heavy atom. The topological polar surface area (TPSA) is 241 Å². The Balaban J connectivity index is 1.27. The van der Waals surface area contributed by atoms with Gasteiger partial charge in [0, 0.05) is 63.2 Å². The van der Waals surface area contributed by atoms with E-state index in [4.69, 9.17) is 30.9 Å². The van der Waals surface area contributed by atoms with Crippen molar-refractivity contribution in [1.29, 1.82) is 0 Å². The Hall–Kier alpha value is -6.87. The summed E-state index contributed by atoms with van der Waals surface area (Å²) < 4.78 is 48.9. The summed E-state index contributed by atoms with van der Waals surface area (Å²) >= 11 is 0. The van der Waals surface area contributed by atoms with E-state index in [0.717, 1.165) is 0 Å². The number of hydrogen-bond donors (Lipinski definition) is 5. The first kappa shape index (κ1) is 42.8. The van der Waals surface area contributed by atoms with E-state index < -0.39 is 35.9 Å². The summed E-state index contributed by atoms with van der Waals surface area (Å²) in [5, 5.41) is 26.4. The first-order chi connectivity index (χ1) is 30.1. The van der Waals surface area contributed by atoms with Gasteiger partial charge in [-0.05, 0) is 64.1 Å². The molecule has 6 aromatic rings. The van der Waals surface area contributed by atoms with E-state index in [2.05, 4.69) is 20.8 Å². The van der Waals surface area contributed by atoms with Crippen molar-refractivity contribution in [2.75, 3.05) is 36.9 Å². The third-order valence-corrected chi connectivity index (χ3v) is 11.3. The summed E-state index contributed by atoms with van der Waals surface area (Å²) in [6.07, 6.45) is 1.65. The highest BCUT2D eigenvalue weighted by Gasteiger charge is 2.37. The van der Waals surface area contributed by atoms with E-state index in [1.54, 1.807) is 37.6 Å². The number of imidazole rings is 2. The summed E-state index contributed by atoms with van der Waals surface area (Å²) in [5.74, 6) is -4.00. The number of ether oxygens (including phenoxy) is 2. The highest BCUT2D eigenvalue weighted by molar-refractivity contribution is 6.04. The molecule has 1 saturated heterocycles. The van der Waals surface area contributed by atoms with Gasteiger partial charge in [0.05, 0.1) is 34.2 Å². The van der Waals surface area contributed by atoms with Gasteiger partial charge >= 0.3 is 0 Å². The number of nitrogens with zero attached hydrogens (tertiary/aromatic N) is 9. The van der Waals surface area contributed by atoms with Crippen molar-refractivity contribution in [2.24, 2.45) is 11.5 Å². The number of aliphatic hydroxyl groups excluding tert-OH is 1. The number of nitrogens with one attached hydrogen (secondary N) is 2. The van der Waals surface area contributed by atoms with Gasteiger partial charge in [0.25, 0.3) is 11.8 Å². The Morgan fingerprint density at radius 2 is 1.33 bits per heavy atom. The molecule has 2 aliphatic rings. The maximum Gasteiger partial charge on any atom is 0.276 e. The van der Waals surface area contributed by atoms with Crippen LogP contribution in [0.2, 0.25) is 0 Å². The minimum Gasteiger partial charge on any atom is -0.490 e. The lowest BCUT2D eigenvalue weighted by Gasteiger charge is -2.37. The second kappa shape index (κ2) is 17.1. The van der Waals surface area contributed by atoms with E-state index in [-0.39, 0.29) is 86.8 Å². The zero-order chi connectivity index (χ0) is 44.7. The second-order valence-electron chi connectivity index (χ2n) is 15.7. The van der Waals surface area contributed by atoms with Crippen LogP contribution in [0.3, 0.4) is 0 Å². The maximum atomic E-state index is 14.5. The van der Waals surface area contributed by atoms with Crippen LogP contribution in [0.5, 0.6) is 11.5 Å². The number of aromatic nitrogens is 8. The first-order valence-electron chi connectivity index (χ1n) is 20.7. The number of aryl methyl sites for hydroxylation is 4. The molecule has 2 aliphatic heterocycles. The predicted octanol–water partition coefficient (Wildman–Crippen LogP) is 4.12. The number of nitrogens with two attached hydrogens (primary N) is 2. The van der Waals surface area contributed by atoms with Gasteiger partial charge in [-0.1, -0.05) is 12.2 Å². The van der Waals surface area contributed by atoms with Crippen LogP contribution in [0.1, 0.15) is 81.2 Å². The van der Waals surface area contributed by atoms with Crippen molar-refractivity contribution in [3.8, 4) is 11.5 Å². The number of rotatable bonds is 10. The van der Waals surface area contributed by atoms with Crippen molar-refractivity contribution >= 4 is 51.7 Å². The number of carbonyl (C=O) groups excluding carboxylic acids is 3. The Kier molecular flexibility index (Phi) is 11.6. The number of primary amides is 2. The van der Waals surface area contributed by atoms with Gasteiger partial charge in [0.2, 0.25) is 23.7 Å². The summed E-state index contributed by atoms with van der Waals surface area (Å²) in [6.45, 7) is 8.44. The molecule has 2 atom stereocenters. The van der Waals surface area contributed by atoms with Crippen molar-refractivity contribution < 1.29 is 37.7 Å². The third kappa shape index (κ3) is 8.65. The number of amides is 3. The fourth-order valence-electron chi connectivity index (χ4n) is 8.10. The molecule has 19 nitrogen and oxygen atoms in total. The molecule has 0 spiro atoms. The number of halogens is 2. The minimum absolute atomic E-state index is 0.0292. The van der Waals surface area contributed by atoms with Crippen LogP contribution in [-0.2, 0) is 26.2 Å². The predicted molar refractivity (Wildman–Crippen MR) is 228 cm³/mol. The number of allylic oxidation sites excluding steroid dienone is 2. The molecule has 21 heteroatoms. The summed E-state index contributed by atoms with van der Waals surface area (Å²) in [5.41, 5.74) is 15.5. The Labute approximate surface area is 359 Å². The highest BCUT2D eigenvalue weighted by atomic mass is 19.3. The molecule has 6 heterocycles. The molecule has 2 unspecified atom stereocenters. The fourth-order valence-corrected chi connectivity index (χ4v) is 8.10. The molecule has 8 rings (SSSR count). The van der Waals surface area contributed by atoms with Crippen LogP contribution >= 0.6 is 0 Å². The Bertz CT molecular complexity index is 2760. The van der Waals surface area contributed by atoms with Crippen LogP contribution in [-0.4, -0.2) is 105 Å². The molecular formula is C42H49F2N13O6. The van der Waals surface area contributed by atoms with Gasteiger partial charge in [-0.25, -0.2) is 18.7 Å². The van der Waals surface area contributed by atoms with Gasteiger partial charge in [-0.15, -0.1) is 0 Å². The molecule has 1 fully saturated rings. The molecule has 7 N–H and O–H groups in total. The number of hydrogen-bond acceptors (Lipinski definition) is 12. The molecule has 4 aromatic heterocycles. The van der Waals surface area contributed by atoms with Crippen LogP contribution in [0.25, 0.3) is 22.1 Å². The molecule has 0 aliphatic carbocycles. The number of likely N-dealkylation sites (tertiary alicyclic amines) is 1. The monoisotopic (exact) mass is 869 g/mol. The zero-order valence-corrected chi connectivity index (χ0v) is 35.3. The SMILES string of the molecule is CCn1nc(C)cc1C(=O)Nc1nc2cc(C(N)=O)cc3c2n1C/C=C/Cn1c(NC(O)c2cc(C)nn2CC)nc2cc(C(N)=O)cc(c21)OCC(N1CCC(F)(F)CC1)CO3. The molecule has 2 aromatic carbocycles. The van der Waals surface area contributed by atoms with Crippen molar-refractivity contribution in [2.45, 2.75) is 84.9 Å². The molecule has 0 bridgehead atoms. The van der Waals surface area contributed by atoms with Gasteiger partial charge in [-0.3, -0.25) is 34.0 Å². The second-order valence-corrected chi connectivity index (χ2v) is 15.7. The average molecular weight is 870 g/mol. The smallest absolute Gasteiger partial charge is 0.276 e. The maximum absolute atomic E-state index is 14.5. The first-order valence-corrected chi connectivity index (χ1v) is 20.7. The number of benzene rings is 2. The lowest BCUT2D eigenvalue weighted by molar-refractivity contribution is -0.0696. The van der Waals surface area contributed by atoms with Gasteiger partial charge in [-0.2, -0.15) is 10.2 Å². The molecular weight excluding hydrogens is 821 g/mol. The van der Waals surface area contributed by atoms with Crippen LogP contribution in [0, 0.1) is 13.8 Å². The van der Waals surface area contributed by atoms with Crippen LogP contribution in [0.15, 0.2) is 48.6 Å².